The maximum absolute atomic E-state index is 14.4. The van der Waals surface area contributed by atoms with Gasteiger partial charge >= 0.3 is 6.18 Å². The number of fused-ring (bicyclic) bond motifs is 1. The van der Waals surface area contributed by atoms with Crippen molar-refractivity contribution in [1.82, 2.24) is 20.8 Å². The number of hydrogen-bond acceptors (Lipinski definition) is 5. The molecule has 1 aliphatic rings. The van der Waals surface area contributed by atoms with E-state index in [0.29, 0.717) is 27.6 Å². The fourth-order valence-corrected chi connectivity index (χ4v) is 4.66. The molecule has 1 unspecified atom stereocenters. The third-order valence-electron chi connectivity index (χ3n) is 5.89. The van der Waals surface area contributed by atoms with E-state index in [9.17, 15) is 18.0 Å². The summed E-state index contributed by atoms with van der Waals surface area (Å²) in [6, 6.07) is 13.7. The fourth-order valence-electron chi connectivity index (χ4n) is 4.14. The highest BCUT2D eigenvalue weighted by Gasteiger charge is 2.59. The van der Waals surface area contributed by atoms with Gasteiger partial charge in [0.25, 0.3) is 5.91 Å². The summed E-state index contributed by atoms with van der Waals surface area (Å²) in [4.78, 5) is 26.4. The molecule has 2 aromatic heterocycles. The van der Waals surface area contributed by atoms with Crippen LogP contribution in [0.3, 0.4) is 0 Å². The van der Waals surface area contributed by atoms with Crippen molar-refractivity contribution in [3.8, 4) is 0 Å². The SMILES string of the molecule is O=C(NCc1ccccn1)c1ccc(C2=CC(c3cc(Cl)cc(Cl)c3)(C(F)(F)F)ON2)c2ccncc12. The smallest absolute Gasteiger partial charge is 0.346 e. The quantitative estimate of drug-likeness (QED) is 0.313. The van der Waals surface area contributed by atoms with Gasteiger partial charge in [0, 0.05) is 50.7 Å². The molecule has 5 rings (SSSR count). The summed E-state index contributed by atoms with van der Waals surface area (Å²) < 4.78 is 43.2. The van der Waals surface area contributed by atoms with Crippen molar-refractivity contribution in [2.45, 2.75) is 18.3 Å². The summed E-state index contributed by atoms with van der Waals surface area (Å²) in [7, 11) is 0. The predicted octanol–water partition coefficient (Wildman–Crippen LogP) is 6.20. The van der Waals surface area contributed by atoms with E-state index in [1.807, 2.05) is 6.07 Å². The minimum absolute atomic E-state index is 0.0363. The number of nitrogens with zero attached hydrogens (tertiary/aromatic N) is 2. The van der Waals surface area contributed by atoms with Gasteiger partial charge in [0.15, 0.2) is 0 Å². The molecule has 0 radical (unpaired) electrons. The number of carbonyl (C=O) groups excluding carboxylic acids is 1. The van der Waals surface area contributed by atoms with Crippen LogP contribution in [0.1, 0.15) is 27.2 Å². The van der Waals surface area contributed by atoms with Crippen molar-refractivity contribution < 1.29 is 22.8 Å². The Morgan fingerprint density at radius 2 is 1.81 bits per heavy atom. The first-order chi connectivity index (χ1) is 17.7. The molecular formula is C26H17Cl2F3N4O2. The van der Waals surface area contributed by atoms with Gasteiger partial charge in [0.05, 0.1) is 17.9 Å². The summed E-state index contributed by atoms with van der Waals surface area (Å²) >= 11 is 12.0. The van der Waals surface area contributed by atoms with Gasteiger partial charge in [-0.05, 0) is 53.9 Å². The van der Waals surface area contributed by atoms with Crippen LogP contribution in [0.2, 0.25) is 10.0 Å². The Kier molecular flexibility index (Phi) is 6.53. The van der Waals surface area contributed by atoms with E-state index in [1.165, 1.54) is 24.5 Å². The molecule has 11 heteroatoms. The Labute approximate surface area is 219 Å². The second-order valence-corrected chi connectivity index (χ2v) is 9.11. The normalized spacial score (nSPS) is 17.4. The van der Waals surface area contributed by atoms with E-state index in [4.69, 9.17) is 28.0 Å². The second kappa shape index (κ2) is 9.66. The Morgan fingerprint density at radius 1 is 1.03 bits per heavy atom. The largest absolute Gasteiger partial charge is 0.428 e. The van der Waals surface area contributed by atoms with E-state index in [0.717, 1.165) is 18.2 Å². The zero-order valence-electron chi connectivity index (χ0n) is 18.8. The summed E-state index contributed by atoms with van der Waals surface area (Å²) in [5.74, 6) is -0.377. The average Bonchev–Trinajstić information content (AvgIpc) is 3.34. The van der Waals surface area contributed by atoms with Gasteiger partial charge < -0.3 is 5.32 Å². The maximum Gasteiger partial charge on any atom is 0.428 e. The molecule has 0 saturated carbocycles. The fraction of sp³-hybridized carbons (Fsp3) is 0.115. The van der Waals surface area contributed by atoms with Gasteiger partial charge in [0.2, 0.25) is 5.60 Å². The number of carbonyl (C=O) groups is 1. The summed E-state index contributed by atoms with van der Waals surface area (Å²) in [5.41, 5.74) is 0.738. The molecule has 0 saturated heterocycles. The van der Waals surface area contributed by atoms with Gasteiger partial charge in [-0.1, -0.05) is 35.3 Å². The lowest BCUT2D eigenvalue weighted by molar-refractivity contribution is -0.269. The Balaban J connectivity index is 1.55. The topological polar surface area (TPSA) is 76.1 Å². The molecule has 0 fully saturated rings. The molecule has 0 aliphatic carbocycles. The first kappa shape index (κ1) is 25.0. The zero-order chi connectivity index (χ0) is 26.2. The molecular weight excluding hydrogens is 528 g/mol. The predicted molar refractivity (Wildman–Crippen MR) is 134 cm³/mol. The standard InChI is InChI=1S/C26H17Cl2F3N4O2/c27-16-9-15(10-17(28)11-16)25(26(29,30)31)12-23(35-37-25)20-4-5-21(22-14-32-8-6-19(20)22)24(36)34-13-18-3-1-2-7-33-18/h1-12,14,35H,13H2,(H,34,36). The van der Waals surface area contributed by atoms with Gasteiger partial charge in [-0.3, -0.25) is 25.1 Å². The van der Waals surface area contributed by atoms with E-state index in [2.05, 4.69) is 20.8 Å². The molecule has 6 nitrogen and oxygen atoms in total. The molecule has 2 N–H and O–H groups in total. The lowest BCUT2D eigenvalue weighted by Gasteiger charge is -2.28. The van der Waals surface area contributed by atoms with Crippen molar-refractivity contribution >= 4 is 45.6 Å². The van der Waals surface area contributed by atoms with Crippen LogP contribution in [0.5, 0.6) is 0 Å². The Morgan fingerprint density at radius 3 is 2.51 bits per heavy atom. The van der Waals surface area contributed by atoms with Gasteiger partial charge in [-0.2, -0.15) is 13.2 Å². The van der Waals surface area contributed by atoms with Crippen molar-refractivity contribution in [3.05, 3.63) is 112 Å². The molecule has 1 amide bonds. The maximum atomic E-state index is 14.4. The number of alkyl halides is 3. The highest BCUT2D eigenvalue weighted by Crippen LogP contribution is 2.48. The van der Waals surface area contributed by atoms with Crippen LogP contribution in [0, 0.1) is 0 Å². The van der Waals surface area contributed by atoms with Crippen molar-refractivity contribution in [1.29, 1.82) is 0 Å². The van der Waals surface area contributed by atoms with E-state index >= 15 is 0 Å². The summed E-state index contributed by atoms with van der Waals surface area (Å²) in [6.45, 7) is 0.208. The monoisotopic (exact) mass is 544 g/mol. The highest BCUT2D eigenvalue weighted by atomic mass is 35.5. The first-order valence-electron chi connectivity index (χ1n) is 10.9. The van der Waals surface area contributed by atoms with E-state index in [-0.39, 0.29) is 33.8 Å². The van der Waals surface area contributed by atoms with Gasteiger partial charge in [0.1, 0.15) is 0 Å². The number of hydroxylamine groups is 1. The number of halogens is 5. The number of benzene rings is 2. The second-order valence-electron chi connectivity index (χ2n) is 8.24. The van der Waals surface area contributed by atoms with Gasteiger partial charge in [-0.15, -0.1) is 0 Å². The number of rotatable bonds is 5. The number of amides is 1. The molecule has 1 aliphatic heterocycles. The number of aromatic nitrogens is 2. The van der Waals surface area contributed by atoms with Crippen LogP contribution in [0.15, 0.2) is 79.3 Å². The third-order valence-corrected chi connectivity index (χ3v) is 6.33. The summed E-state index contributed by atoms with van der Waals surface area (Å²) in [6.07, 6.45) is 0.686. The van der Waals surface area contributed by atoms with Crippen LogP contribution in [-0.2, 0) is 17.0 Å². The van der Waals surface area contributed by atoms with Gasteiger partial charge in [-0.25, -0.2) is 0 Å². The van der Waals surface area contributed by atoms with Crippen LogP contribution in [-0.4, -0.2) is 22.1 Å². The molecule has 0 spiro atoms. The molecule has 3 heterocycles. The molecule has 37 heavy (non-hydrogen) atoms. The molecule has 0 bridgehead atoms. The van der Waals surface area contributed by atoms with Crippen molar-refractivity contribution in [3.63, 3.8) is 0 Å². The molecule has 1 atom stereocenters. The first-order valence-corrected chi connectivity index (χ1v) is 11.7. The van der Waals surface area contributed by atoms with Crippen LogP contribution in [0.25, 0.3) is 16.5 Å². The van der Waals surface area contributed by atoms with Crippen LogP contribution < -0.4 is 10.8 Å². The zero-order valence-corrected chi connectivity index (χ0v) is 20.3. The third kappa shape index (κ3) is 4.73. The number of nitrogens with one attached hydrogen (secondary N) is 2. The number of hydrogen-bond donors (Lipinski definition) is 2. The molecule has 188 valence electrons. The van der Waals surface area contributed by atoms with Crippen LogP contribution >= 0.6 is 23.2 Å². The van der Waals surface area contributed by atoms with Crippen molar-refractivity contribution in [2.75, 3.05) is 0 Å². The van der Waals surface area contributed by atoms with E-state index in [1.54, 1.807) is 30.5 Å². The van der Waals surface area contributed by atoms with Crippen molar-refractivity contribution in [2.24, 2.45) is 0 Å². The minimum Gasteiger partial charge on any atom is -0.346 e. The highest BCUT2D eigenvalue weighted by molar-refractivity contribution is 6.34. The van der Waals surface area contributed by atoms with E-state index < -0.39 is 11.8 Å². The number of pyridine rings is 2. The lowest BCUT2D eigenvalue weighted by atomic mass is 9.90. The minimum atomic E-state index is -4.85. The molecule has 2 aromatic carbocycles. The Bertz CT molecular complexity index is 1510. The average molecular weight is 545 g/mol. The summed E-state index contributed by atoms with van der Waals surface area (Å²) in [5, 5.41) is 3.84. The Hall–Kier alpha value is -3.66. The molecule has 4 aromatic rings. The van der Waals surface area contributed by atoms with Crippen LogP contribution in [0.4, 0.5) is 13.2 Å². The lowest BCUT2D eigenvalue weighted by Crippen LogP contribution is -2.42.